The fourth-order valence-electron chi connectivity index (χ4n) is 3.85. The van der Waals surface area contributed by atoms with Gasteiger partial charge in [0.25, 0.3) is 5.91 Å². The number of halogens is 1. The number of anilines is 1. The van der Waals surface area contributed by atoms with E-state index >= 15 is 0 Å². The van der Waals surface area contributed by atoms with Crippen molar-refractivity contribution in [3.63, 3.8) is 0 Å². The largest absolute Gasteiger partial charge is 0.322 e. The van der Waals surface area contributed by atoms with E-state index in [1.807, 2.05) is 39.8 Å². The fraction of sp³-hybridized carbons (Fsp3) is 0.409. The molecule has 156 valence electrons. The Hall–Kier alpha value is -2.25. The van der Waals surface area contributed by atoms with Crippen LogP contribution in [0.3, 0.4) is 0 Å². The monoisotopic (exact) mass is 418 g/mol. The van der Waals surface area contributed by atoms with Crippen LogP contribution in [-0.4, -0.2) is 31.7 Å². The second-order valence-electron chi connectivity index (χ2n) is 8.18. The second kappa shape index (κ2) is 8.24. The average Bonchev–Trinajstić information content (AvgIpc) is 2.64. The second-order valence-corrected chi connectivity index (χ2v) is 10.1. The number of carbonyl (C=O) groups excluding carboxylic acids is 1. The van der Waals surface area contributed by atoms with E-state index in [4.69, 9.17) is 0 Å². The zero-order valence-corrected chi connectivity index (χ0v) is 18.0. The van der Waals surface area contributed by atoms with Crippen molar-refractivity contribution in [3.8, 4) is 0 Å². The molecule has 0 aliphatic carbocycles. The highest BCUT2D eigenvalue weighted by Gasteiger charge is 2.32. The Kier molecular flexibility index (Phi) is 6.10. The standard InChI is InChI=1S/C22H27FN2O3S/c1-14-5-6-17(4)21(10-14)24-22(26)19-11-18(7-8-20(19)23)29(27,28)25-12-15(2)9-16(3)13-25/h5-8,10-11,15-16H,9,12-13H2,1-4H3,(H,24,26)/t15-,16-/m1/s1. The molecule has 1 aliphatic rings. The van der Waals surface area contributed by atoms with Gasteiger partial charge in [0.15, 0.2) is 0 Å². The summed E-state index contributed by atoms with van der Waals surface area (Å²) in [6.07, 6.45) is 0.971. The lowest BCUT2D eigenvalue weighted by Gasteiger charge is -2.34. The highest BCUT2D eigenvalue weighted by molar-refractivity contribution is 7.89. The molecule has 0 spiro atoms. The number of hydrogen-bond donors (Lipinski definition) is 1. The van der Waals surface area contributed by atoms with E-state index in [-0.39, 0.29) is 22.3 Å². The van der Waals surface area contributed by atoms with Crippen molar-refractivity contribution in [2.75, 3.05) is 18.4 Å². The first-order chi connectivity index (χ1) is 13.6. The zero-order valence-electron chi connectivity index (χ0n) is 17.2. The summed E-state index contributed by atoms with van der Waals surface area (Å²) in [6.45, 7) is 8.62. The van der Waals surface area contributed by atoms with Crippen molar-refractivity contribution in [3.05, 3.63) is 58.9 Å². The number of carbonyl (C=O) groups is 1. The first kappa shape index (κ1) is 21.5. The minimum absolute atomic E-state index is 0.0636. The minimum Gasteiger partial charge on any atom is -0.322 e. The van der Waals surface area contributed by atoms with E-state index in [2.05, 4.69) is 5.32 Å². The molecular weight excluding hydrogens is 391 g/mol. The molecule has 2 atom stereocenters. The number of piperidine rings is 1. The molecule has 2 aromatic rings. The highest BCUT2D eigenvalue weighted by atomic mass is 32.2. The van der Waals surface area contributed by atoms with E-state index in [9.17, 15) is 17.6 Å². The van der Waals surface area contributed by atoms with Crippen LogP contribution in [0.4, 0.5) is 10.1 Å². The van der Waals surface area contributed by atoms with Gasteiger partial charge in [-0.25, -0.2) is 12.8 Å². The smallest absolute Gasteiger partial charge is 0.258 e. The van der Waals surface area contributed by atoms with Crippen LogP contribution in [0.15, 0.2) is 41.3 Å². The van der Waals surface area contributed by atoms with Crippen LogP contribution in [0.1, 0.15) is 41.8 Å². The van der Waals surface area contributed by atoms with Gasteiger partial charge in [0.1, 0.15) is 5.82 Å². The number of benzene rings is 2. The maximum Gasteiger partial charge on any atom is 0.258 e. The summed E-state index contributed by atoms with van der Waals surface area (Å²) in [4.78, 5) is 12.6. The van der Waals surface area contributed by atoms with Crippen LogP contribution in [0.2, 0.25) is 0 Å². The van der Waals surface area contributed by atoms with E-state index < -0.39 is 21.7 Å². The van der Waals surface area contributed by atoms with Crippen LogP contribution in [0.5, 0.6) is 0 Å². The molecular formula is C22H27FN2O3S. The van der Waals surface area contributed by atoms with Crippen LogP contribution < -0.4 is 5.32 Å². The Balaban J connectivity index is 1.91. The molecule has 0 aromatic heterocycles. The molecule has 1 amide bonds. The molecule has 0 saturated carbocycles. The molecule has 7 heteroatoms. The summed E-state index contributed by atoms with van der Waals surface area (Å²) in [7, 11) is -3.80. The van der Waals surface area contributed by atoms with Gasteiger partial charge in [-0.15, -0.1) is 0 Å². The van der Waals surface area contributed by atoms with Crippen molar-refractivity contribution in [2.45, 2.75) is 39.0 Å². The van der Waals surface area contributed by atoms with Gasteiger partial charge < -0.3 is 5.32 Å². The number of hydrogen-bond acceptors (Lipinski definition) is 3. The van der Waals surface area contributed by atoms with Crippen molar-refractivity contribution in [1.29, 1.82) is 0 Å². The predicted octanol–water partition coefficient (Wildman–Crippen LogP) is 4.36. The minimum atomic E-state index is -3.80. The van der Waals surface area contributed by atoms with Gasteiger partial charge in [-0.2, -0.15) is 4.31 Å². The molecule has 1 saturated heterocycles. The van der Waals surface area contributed by atoms with E-state index in [1.165, 1.54) is 10.4 Å². The van der Waals surface area contributed by atoms with Gasteiger partial charge in [0.2, 0.25) is 10.0 Å². The number of aryl methyl sites for hydroxylation is 2. The van der Waals surface area contributed by atoms with Gasteiger partial charge in [0.05, 0.1) is 10.5 Å². The summed E-state index contributed by atoms with van der Waals surface area (Å²) in [6, 6.07) is 8.97. The number of amides is 1. The topological polar surface area (TPSA) is 66.5 Å². The predicted molar refractivity (Wildman–Crippen MR) is 112 cm³/mol. The molecule has 0 bridgehead atoms. The number of nitrogens with zero attached hydrogens (tertiary/aromatic N) is 1. The Morgan fingerprint density at radius 3 is 2.38 bits per heavy atom. The van der Waals surface area contributed by atoms with E-state index in [1.54, 1.807) is 6.07 Å². The van der Waals surface area contributed by atoms with E-state index in [0.717, 1.165) is 29.7 Å². The Morgan fingerprint density at radius 1 is 1.07 bits per heavy atom. The third kappa shape index (κ3) is 4.67. The first-order valence-corrected chi connectivity index (χ1v) is 11.2. The number of sulfonamides is 1. The molecule has 1 fully saturated rings. The third-order valence-electron chi connectivity index (χ3n) is 5.30. The van der Waals surface area contributed by atoms with E-state index in [0.29, 0.717) is 18.8 Å². The van der Waals surface area contributed by atoms with Gasteiger partial charge in [0, 0.05) is 18.8 Å². The van der Waals surface area contributed by atoms with Gasteiger partial charge in [-0.05, 0) is 67.5 Å². The van der Waals surface area contributed by atoms with Crippen LogP contribution in [0.25, 0.3) is 0 Å². The Bertz CT molecular complexity index is 1030. The van der Waals surface area contributed by atoms with Crippen LogP contribution >= 0.6 is 0 Å². The fourth-order valence-corrected chi connectivity index (χ4v) is 5.56. The van der Waals surface area contributed by atoms with Crippen LogP contribution in [-0.2, 0) is 10.0 Å². The maximum absolute atomic E-state index is 14.4. The normalized spacial score (nSPS) is 20.4. The van der Waals surface area contributed by atoms with Crippen molar-refractivity contribution in [1.82, 2.24) is 4.31 Å². The molecule has 29 heavy (non-hydrogen) atoms. The summed E-state index contributed by atoms with van der Waals surface area (Å²) >= 11 is 0. The van der Waals surface area contributed by atoms with Gasteiger partial charge in [-0.3, -0.25) is 4.79 Å². The molecule has 5 nitrogen and oxygen atoms in total. The van der Waals surface area contributed by atoms with Crippen LogP contribution in [0, 0.1) is 31.5 Å². The quantitative estimate of drug-likeness (QED) is 0.802. The molecule has 3 rings (SSSR count). The maximum atomic E-state index is 14.4. The average molecular weight is 419 g/mol. The van der Waals surface area contributed by atoms with Gasteiger partial charge in [-0.1, -0.05) is 26.0 Å². The van der Waals surface area contributed by atoms with Crippen molar-refractivity contribution >= 4 is 21.6 Å². The lowest BCUT2D eigenvalue weighted by Crippen LogP contribution is -2.42. The zero-order chi connectivity index (χ0) is 21.3. The van der Waals surface area contributed by atoms with Gasteiger partial charge >= 0.3 is 0 Å². The Morgan fingerprint density at radius 2 is 1.72 bits per heavy atom. The highest BCUT2D eigenvalue weighted by Crippen LogP contribution is 2.28. The lowest BCUT2D eigenvalue weighted by atomic mass is 9.94. The summed E-state index contributed by atoms with van der Waals surface area (Å²) < 4.78 is 42.0. The molecule has 2 aromatic carbocycles. The van der Waals surface area contributed by atoms with Crippen molar-refractivity contribution < 1.29 is 17.6 Å². The first-order valence-electron chi connectivity index (χ1n) is 9.76. The lowest BCUT2D eigenvalue weighted by molar-refractivity contribution is 0.102. The summed E-state index contributed by atoms with van der Waals surface area (Å²) in [5.74, 6) is -0.928. The summed E-state index contributed by atoms with van der Waals surface area (Å²) in [5.41, 5.74) is 2.08. The number of rotatable bonds is 4. The Labute approximate surface area is 172 Å². The molecule has 0 radical (unpaired) electrons. The third-order valence-corrected chi connectivity index (χ3v) is 7.12. The molecule has 1 heterocycles. The van der Waals surface area contributed by atoms with Crippen molar-refractivity contribution in [2.24, 2.45) is 11.8 Å². The summed E-state index contributed by atoms with van der Waals surface area (Å²) in [5, 5.41) is 2.69. The number of nitrogens with one attached hydrogen (secondary N) is 1. The molecule has 1 N–H and O–H groups in total. The molecule has 1 aliphatic heterocycles. The SMILES string of the molecule is Cc1ccc(C)c(NC(=O)c2cc(S(=O)(=O)N3C[C@H](C)C[C@@H](C)C3)ccc2F)c1. The molecule has 0 unspecified atom stereocenters.